The van der Waals surface area contributed by atoms with Gasteiger partial charge in [-0.05, 0) is 57.0 Å². The summed E-state index contributed by atoms with van der Waals surface area (Å²) in [6.45, 7) is 11.3. The number of anilines is 1. The van der Waals surface area contributed by atoms with Crippen LogP contribution in [0.4, 0.5) is 5.69 Å². The smallest absolute Gasteiger partial charge is 0.256 e. The largest absolute Gasteiger partial charge is 0.375 e. The van der Waals surface area contributed by atoms with Crippen LogP contribution < -0.4 is 10.2 Å². The van der Waals surface area contributed by atoms with Gasteiger partial charge in [-0.1, -0.05) is 41.9 Å². The van der Waals surface area contributed by atoms with Crippen molar-refractivity contribution in [1.82, 2.24) is 10.2 Å². The second kappa shape index (κ2) is 9.82. The van der Waals surface area contributed by atoms with Crippen LogP contribution in [0.25, 0.3) is 0 Å². The van der Waals surface area contributed by atoms with Crippen molar-refractivity contribution in [2.45, 2.75) is 32.8 Å². The number of piperazine rings is 1. The first-order chi connectivity index (χ1) is 14.3. The number of nitrogens with one attached hydrogen (secondary N) is 1. The summed E-state index contributed by atoms with van der Waals surface area (Å²) < 4.78 is 0. The Hall–Kier alpha value is -2.08. The van der Waals surface area contributed by atoms with Crippen molar-refractivity contribution in [2.75, 3.05) is 44.2 Å². The highest BCUT2D eigenvalue weighted by atomic mass is 35.5. The molecule has 0 spiro atoms. The van der Waals surface area contributed by atoms with E-state index in [1.807, 2.05) is 0 Å². The lowest BCUT2D eigenvalue weighted by atomic mass is 9.95. The summed E-state index contributed by atoms with van der Waals surface area (Å²) in [5.41, 5.74) is 2.73. The average Bonchev–Trinajstić information content (AvgIpc) is 2.73. The van der Waals surface area contributed by atoms with Gasteiger partial charge in [0.15, 0.2) is 5.60 Å². The van der Waals surface area contributed by atoms with Gasteiger partial charge < -0.3 is 15.3 Å². The number of benzene rings is 2. The molecule has 0 aliphatic carbocycles. The fourth-order valence-corrected chi connectivity index (χ4v) is 4.25. The van der Waals surface area contributed by atoms with E-state index in [0.717, 1.165) is 39.1 Å². The van der Waals surface area contributed by atoms with Gasteiger partial charge in [-0.3, -0.25) is 9.69 Å². The summed E-state index contributed by atoms with van der Waals surface area (Å²) in [4.78, 5) is 17.4. The van der Waals surface area contributed by atoms with Crippen LogP contribution in [0.1, 0.15) is 30.0 Å². The highest BCUT2D eigenvalue weighted by molar-refractivity contribution is 6.31. The molecule has 2 aromatic carbocycles. The predicted molar refractivity (Wildman–Crippen MR) is 123 cm³/mol. The van der Waals surface area contributed by atoms with E-state index in [1.165, 1.54) is 23.7 Å². The minimum absolute atomic E-state index is 0.388. The van der Waals surface area contributed by atoms with E-state index in [9.17, 15) is 9.90 Å². The van der Waals surface area contributed by atoms with Gasteiger partial charge in [0.05, 0.1) is 0 Å². The van der Waals surface area contributed by atoms with Crippen molar-refractivity contribution in [1.29, 1.82) is 0 Å². The molecule has 1 aliphatic rings. The van der Waals surface area contributed by atoms with Crippen LogP contribution in [0, 0.1) is 13.8 Å². The Balaban J connectivity index is 1.42. The number of hydrogen-bond donors (Lipinski definition) is 2. The molecule has 1 atom stereocenters. The Morgan fingerprint density at radius 3 is 2.53 bits per heavy atom. The zero-order valence-electron chi connectivity index (χ0n) is 18.1. The number of hydrogen-bond acceptors (Lipinski definition) is 4. The van der Waals surface area contributed by atoms with E-state index in [2.05, 4.69) is 47.2 Å². The quantitative estimate of drug-likeness (QED) is 0.661. The van der Waals surface area contributed by atoms with Crippen molar-refractivity contribution < 1.29 is 9.90 Å². The molecule has 5 nitrogen and oxygen atoms in total. The summed E-state index contributed by atoms with van der Waals surface area (Å²) >= 11 is 6.14. The maximum atomic E-state index is 12.5. The molecule has 0 radical (unpaired) electrons. The van der Waals surface area contributed by atoms with Crippen LogP contribution >= 0.6 is 11.6 Å². The van der Waals surface area contributed by atoms with Crippen molar-refractivity contribution in [2.24, 2.45) is 0 Å². The highest BCUT2D eigenvalue weighted by Crippen LogP contribution is 2.28. The third kappa shape index (κ3) is 5.34. The van der Waals surface area contributed by atoms with Crippen LogP contribution in [0.5, 0.6) is 0 Å². The van der Waals surface area contributed by atoms with Crippen molar-refractivity contribution >= 4 is 23.2 Å². The van der Waals surface area contributed by atoms with Crippen LogP contribution in [-0.2, 0) is 10.4 Å². The number of rotatable bonds is 7. The normalized spacial score (nSPS) is 16.9. The van der Waals surface area contributed by atoms with E-state index in [-0.39, 0.29) is 0 Å². The minimum atomic E-state index is -1.64. The number of nitrogens with zero attached hydrogens (tertiary/aromatic N) is 2. The molecule has 1 heterocycles. The Kier molecular flexibility index (Phi) is 7.40. The van der Waals surface area contributed by atoms with E-state index < -0.39 is 11.5 Å². The fraction of sp³-hybridized carbons (Fsp3) is 0.458. The average molecular weight is 430 g/mol. The summed E-state index contributed by atoms with van der Waals surface area (Å²) in [5, 5.41) is 13.9. The number of amides is 1. The first-order valence-corrected chi connectivity index (χ1v) is 11.0. The van der Waals surface area contributed by atoms with Gasteiger partial charge >= 0.3 is 0 Å². The molecule has 1 unspecified atom stereocenters. The Labute approximate surface area is 184 Å². The van der Waals surface area contributed by atoms with Crippen LogP contribution in [0.15, 0.2) is 42.5 Å². The van der Waals surface area contributed by atoms with Gasteiger partial charge in [-0.15, -0.1) is 0 Å². The molecule has 162 valence electrons. The van der Waals surface area contributed by atoms with Crippen molar-refractivity contribution in [3.8, 4) is 0 Å². The summed E-state index contributed by atoms with van der Waals surface area (Å²) in [6.07, 6.45) is 0.841. The number of halogens is 1. The zero-order valence-corrected chi connectivity index (χ0v) is 18.9. The monoisotopic (exact) mass is 429 g/mol. The van der Waals surface area contributed by atoms with Gasteiger partial charge in [0.25, 0.3) is 5.91 Å². The molecule has 6 heteroatoms. The topological polar surface area (TPSA) is 55.8 Å². The standard InChI is InChI=1S/C24H32ClN3O2/c1-18-9-10-19(2)22(17-18)28-15-13-27(14-16-28)12-6-11-26-23(29)24(3,30)20-7-4-5-8-21(20)25/h4-5,7-10,17,30H,6,11-16H2,1-3H3,(H,26,29). The maximum absolute atomic E-state index is 12.5. The van der Waals surface area contributed by atoms with Gasteiger partial charge in [0.1, 0.15) is 0 Å². The van der Waals surface area contributed by atoms with Gasteiger partial charge in [0, 0.05) is 49.0 Å². The SMILES string of the molecule is Cc1ccc(C)c(N2CCN(CCCNC(=O)C(C)(O)c3ccccc3Cl)CC2)c1. The van der Waals surface area contributed by atoms with E-state index in [0.29, 0.717) is 17.1 Å². The van der Waals surface area contributed by atoms with Gasteiger partial charge in [0.2, 0.25) is 0 Å². The molecule has 1 fully saturated rings. The molecule has 1 amide bonds. The lowest BCUT2D eigenvalue weighted by molar-refractivity contribution is -0.139. The predicted octanol–water partition coefficient (Wildman–Crippen LogP) is 3.49. The zero-order chi connectivity index (χ0) is 21.7. The summed E-state index contributed by atoms with van der Waals surface area (Å²) in [6, 6.07) is 13.5. The molecular formula is C24H32ClN3O2. The minimum Gasteiger partial charge on any atom is -0.375 e. The number of aliphatic hydroxyl groups is 1. The molecule has 2 N–H and O–H groups in total. The molecule has 1 aliphatic heterocycles. The molecule has 0 aromatic heterocycles. The Morgan fingerprint density at radius 1 is 1.13 bits per heavy atom. The maximum Gasteiger partial charge on any atom is 0.256 e. The molecule has 0 bridgehead atoms. The Bertz CT molecular complexity index is 877. The second-order valence-electron chi connectivity index (χ2n) is 8.28. The third-order valence-electron chi connectivity index (χ3n) is 5.85. The lowest BCUT2D eigenvalue weighted by Crippen LogP contribution is -2.47. The third-order valence-corrected chi connectivity index (χ3v) is 6.18. The van der Waals surface area contributed by atoms with E-state index >= 15 is 0 Å². The van der Waals surface area contributed by atoms with Crippen molar-refractivity contribution in [3.63, 3.8) is 0 Å². The molecule has 1 saturated heterocycles. The summed E-state index contributed by atoms with van der Waals surface area (Å²) in [7, 11) is 0. The van der Waals surface area contributed by atoms with E-state index in [4.69, 9.17) is 11.6 Å². The number of carbonyl (C=O) groups is 1. The first-order valence-electron chi connectivity index (χ1n) is 10.6. The number of aryl methyl sites for hydroxylation is 2. The summed E-state index contributed by atoms with van der Waals surface area (Å²) in [5.74, 6) is -0.421. The molecule has 2 aromatic rings. The van der Waals surface area contributed by atoms with Crippen LogP contribution in [-0.4, -0.2) is 55.2 Å². The number of carbonyl (C=O) groups excluding carboxylic acids is 1. The molecule has 0 saturated carbocycles. The van der Waals surface area contributed by atoms with Crippen LogP contribution in [0.3, 0.4) is 0 Å². The lowest BCUT2D eigenvalue weighted by Gasteiger charge is -2.37. The van der Waals surface area contributed by atoms with Crippen LogP contribution in [0.2, 0.25) is 5.02 Å². The van der Waals surface area contributed by atoms with Gasteiger partial charge in [-0.25, -0.2) is 0 Å². The fourth-order valence-electron chi connectivity index (χ4n) is 3.93. The first kappa shape index (κ1) is 22.6. The van der Waals surface area contributed by atoms with E-state index in [1.54, 1.807) is 24.3 Å². The van der Waals surface area contributed by atoms with Crippen molar-refractivity contribution in [3.05, 3.63) is 64.2 Å². The van der Waals surface area contributed by atoms with Gasteiger partial charge in [-0.2, -0.15) is 0 Å². The Morgan fingerprint density at radius 2 is 1.83 bits per heavy atom. The second-order valence-corrected chi connectivity index (χ2v) is 8.69. The molecule has 30 heavy (non-hydrogen) atoms. The molecular weight excluding hydrogens is 398 g/mol. The molecule has 3 rings (SSSR count). The highest BCUT2D eigenvalue weighted by Gasteiger charge is 2.33.